The Kier molecular flexibility index (Phi) is 5.58. The summed E-state index contributed by atoms with van der Waals surface area (Å²) in [5.74, 6) is -0.611. The minimum atomic E-state index is -4.57. The van der Waals surface area contributed by atoms with E-state index in [1.165, 1.54) is 25.4 Å². The topological polar surface area (TPSA) is 74.9 Å². The van der Waals surface area contributed by atoms with Crippen LogP contribution < -0.4 is 10.7 Å². The van der Waals surface area contributed by atoms with Gasteiger partial charge < -0.3 is 9.88 Å². The van der Waals surface area contributed by atoms with Gasteiger partial charge in [0.05, 0.1) is 23.2 Å². The van der Waals surface area contributed by atoms with Gasteiger partial charge in [0.2, 0.25) is 5.43 Å². The second kappa shape index (κ2) is 8.24. The number of nitrogens with one attached hydrogen (secondary N) is 1. The number of fused-ring (bicyclic) bond motifs is 1. The molecule has 0 saturated heterocycles. The Hall–Kier alpha value is -3.86. The molecule has 1 heterocycles. The molecular formula is C25H20F3N3O2. The van der Waals surface area contributed by atoms with Gasteiger partial charge in [-0.25, -0.2) is 0 Å². The zero-order valence-electron chi connectivity index (χ0n) is 18.0. The van der Waals surface area contributed by atoms with E-state index in [2.05, 4.69) is 11.4 Å². The smallest absolute Gasteiger partial charge is 0.355 e. The standard InChI is InChI=1S/C25H20F3N3O2/c1-14-22(17-4-3-5-18(11-17)25(26,27)28)23(32)20(24(33)30-2)13-31(14)21-9-7-16-10-15(12-29)6-8-19(16)21/h3-6,8,10-11,13,21H,7,9H2,1-2H3,(H,30,33). The number of benzene rings is 2. The fourth-order valence-electron chi connectivity index (χ4n) is 4.49. The van der Waals surface area contributed by atoms with Crippen LogP contribution in [0.3, 0.4) is 0 Å². The number of nitrogens with zero attached hydrogens (tertiary/aromatic N) is 2. The molecule has 33 heavy (non-hydrogen) atoms. The Morgan fingerprint density at radius 1 is 1.21 bits per heavy atom. The Morgan fingerprint density at radius 2 is 1.97 bits per heavy atom. The third-order valence-corrected chi connectivity index (χ3v) is 6.09. The first-order valence-corrected chi connectivity index (χ1v) is 10.3. The molecule has 0 aliphatic heterocycles. The Balaban J connectivity index is 1.96. The van der Waals surface area contributed by atoms with Crippen LogP contribution in [0.25, 0.3) is 11.1 Å². The van der Waals surface area contributed by atoms with Crippen LogP contribution in [0, 0.1) is 18.3 Å². The van der Waals surface area contributed by atoms with Gasteiger partial charge >= 0.3 is 6.18 Å². The van der Waals surface area contributed by atoms with Crippen LogP contribution in [-0.4, -0.2) is 17.5 Å². The van der Waals surface area contributed by atoms with E-state index in [4.69, 9.17) is 0 Å². The summed E-state index contributed by atoms with van der Waals surface area (Å²) < 4.78 is 41.8. The average molecular weight is 451 g/mol. The molecule has 2 aromatic carbocycles. The number of hydrogen-bond acceptors (Lipinski definition) is 3. The molecule has 1 N–H and O–H groups in total. The minimum absolute atomic E-state index is 0.0595. The van der Waals surface area contributed by atoms with Crippen molar-refractivity contribution in [3.05, 3.63) is 92.4 Å². The van der Waals surface area contributed by atoms with Crippen LogP contribution in [-0.2, 0) is 12.6 Å². The molecule has 1 aliphatic carbocycles. The van der Waals surface area contributed by atoms with Crippen molar-refractivity contribution in [1.82, 2.24) is 9.88 Å². The van der Waals surface area contributed by atoms with Gasteiger partial charge in [-0.05, 0) is 60.7 Å². The lowest BCUT2D eigenvalue weighted by Gasteiger charge is -2.23. The van der Waals surface area contributed by atoms with Crippen molar-refractivity contribution in [2.75, 3.05) is 7.05 Å². The van der Waals surface area contributed by atoms with Crippen molar-refractivity contribution in [2.24, 2.45) is 0 Å². The summed E-state index contributed by atoms with van der Waals surface area (Å²) in [6, 6.07) is 11.9. The molecule has 1 unspecified atom stereocenters. The second-order valence-corrected chi connectivity index (χ2v) is 7.98. The quantitative estimate of drug-likeness (QED) is 0.632. The van der Waals surface area contributed by atoms with Crippen LogP contribution >= 0.6 is 0 Å². The number of alkyl halides is 3. The van der Waals surface area contributed by atoms with E-state index in [0.29, 0.717) is 24.1 Å². The predicted molar refractivity (Wildman–Crippen MR) is 117 cm³/mol. The van der Waals surface area contributed by atoms with E-state index < -0.39 is 23.1 Å². The molecule has 4 rings (SSSR count). The number of nitriles is 1. The molecule has 3 aromatic rings. The van der Waals surface area contributed by atoms with E-state index in [1.54, 1.807) is 17.6 Å². The van der Waals surface area contributed by atoms with Gasteiger partial charge in [0.15, 0.2) is 0 Å². The summed E-state index contributed by atoms with van der Waals surface area (Å²) in [5.41, 5.74) is 1.49. The van der Waals surface area contributed by atoms with Gasteiger partial charge in [0, 0.05) is 24.5 Å². The van der Waals surface area contributed by atoms with Crippen molar-refractivity contribution in [1.29, 1.82) is 5.26 Å². The van der Waals surface area contributed by atoms with Crippen molar-refractivity contribution >= 4 is 5.91 Å². The molecular weight excluding hydrogens is 431 g/mol. The average Bonchev–Trinajstić information content (AvgIpc) is 3.21. The first-order chi connectivity index (χ1) is 15.7. The second-order valence-electron chi connectivity index (χ2n) is 7.98. The molecule has 0 spiro atoms. The molecule has 168 valence electrons. The molecule has 8 heteroatoms. The van der Waals surface area contributed by atoms with Gasteiger partial charge in [-0.2, -0.15) is 18.4 Å². The number of pyridine rings is 1. The molecule has 1 amide bonds. The van der Waals surface area contributed by atoms with Crippen molar-refractivity contribution in [2.45, 2.75) is 32.0 Å². The fourth-order valence-corrected chi connectivity index (χ4v) is 4.49. The first kappa shape index (κ1) is 22.3. The highest BCUT2D eigenvalue weighted by Crippen LogP contribution is 2.38. The largest absolute Gasteiger partial charge is 0.416 e. The normalized spacial score (nSPS) is 15.1. The molecule has 0 bridgehead atoms. The maximum absolute atomic E-state index is 13.3. The predicted octanol–water partition coefficient (Wildman–Crippen LogP) is 4.61. The first-order valence-electron chi connectivity index (χ1n) is 10.3. The minimum Gasteiger partial charge on any atom is -0.355 e. The number of aryl methyl sites for hydroxylation is 1. The van der Waals surface area contributed by atoms with E-state index in [0.717, 1.165) is 23.3 Å². The van der Waals surface area contributed by atoms with E-state index >= 15 is 0 Å². The fraction of sp³-hybridized carbons (Fsp3) is 0.240. The number of hydrogen-bond donors (Lipinski definition) is 1. The monoisotopic (exact) mass is 451 g/mol. The molecule has 1 aliphatic rings. The summed E-state index contributed by atoms with van der Waals surface area (Å²) >= 11 is 0. The maximum atomic E-state index is 13.3. The van der Waals surface area contributed by atoms with Crippen LogP contribution in [0.5, 0.6) is 0 Å². The lowest BCUT2D eigenvalue weighted by Crippen LogP contribution is -2.29. The van der Waals surface area contributed by atoms with Crippen molar-refractivity contribution in [3.63, 3.8) is 0 Å². The van der Waals surface area contributed by atoms with Crippen LogP contribution in [0.1, 0.15) is 50.8 Å². The zero-order valence-corrected chi connectivity index (χ0v) is 18.0. The number of carbonyl (C=O) groups is 1. The molecule has 0 saturated carbocycles. The molecule has 0 radical (unpaired) electrons. The SMILES string of the molecule is CNC(=O)c1cn(C2CCc3cc(C#N)ccc32)c(C)c(-c2cccc(C(F)(F)F)c2)c1=O. The summed E-state index contributed by atoms with van der Waals surface area (Å²) in [6.45, 7) is 1.67. The lowest BCUT2D eigenvalue weighted by atomic mass is 9.97. The van der Waals surface area contributed by atoms with Crippen molar-refractivity contribution in [3.8, 4) is 17.2 Å². The number of rotatable bonds is 3. The zero-order chi connectivity index (χ0) is 23.9. The van der Waals surface area contributed by atoms with Gasteiger partial charge in [-0.15, -0.1) is 0 Å². The highest BCUT2D eigenvalue weighted by atomic mass is 19.4. The van der Waals surface area contributed by atoms with Gasteiger partial charge in [0.25, 0.3) is 5.91 Å². The third-order valence-electron chi connectivity index (χ3n) is 6.09. The summed E-state index contributed by atoms with van der Waals surface area (Å²) in [4.78, 5) is 25.8. The summed E-state index contributed by atoms with van der Waals surface area (Å²) in [5, 5.41) is 11.6. The molecule has 0 fully saturated rings. The van der Waals surface area contributed by atoms with Crippen molar-refractivity contribution < 1.29 is 18.0 Å². The van der Waals surface area contributed by atoms with Gasteiger partial charge in [0.1, 0.15) is 5.56 Å². The maximum Gasteiger partial charge on any atom is 0.416 e. The van der Waals surface area contributed by atoms with E-state index in [9.17, 15) is 28.0 Å². The van der Waals surface area contributed by atoms with Gasteiger partial charge in [-0.1, -0.05) is 18.2 Å². The Bertz CT molecular complexity index is 1370. The van der Waals surface area contributed by atoms with E-state index in [1.807, 2.05) is 12.1 Å². The molecule has 1 atom stereocenters. The molecule has 1 aromatic heterocycles. The van der Waals surface area contributed by atoms with Crippen LogP contribution in [0.15, 0.2) is 53.5 Å². The highest BCUT2D eigenvalue weighted by Gasteiger charge is 2.32. The van der Waals surface area contributed by atoms with Gasteiger partial charge in [-0.3, -0.25) is 9.59 Å². The van der Waals surface area contributed by atoms with Crippen LogP contribution in [0.4, 0.5) is 13.2 Å². The number of carbonyl (C=O) groups excluding carboxylic acids is 1. The summed E-state index contributed by atoms with van der Waals surface area (Å²) in [7, 11) is 1.39. The Morgan fingerprint density at radius 3 is 2.64 bits per heavy atom. The Labute approximate surface area is 188 Å². The lowest BCUT2D eigenvalue weighted by molar-refractivity contribution is -0.137. The number of halogens is 3. The van der Waals surface area contributed by atoms with Crippen LogP contribution in [0.2, 0.25) is 0 Å². The summed E-state index contributed by atoms with van der Waals surface area (Å²) in [6.07, 6.45) is -1.71. The number of amides is 1. The number of aromatic nitrogens is 1. The molecule has 5 nitrogen and oxygen atoms in total. The van der Waals surface area contributed by atoms with E-state index in [-0.39, 0.29) is 22.7 Å². The third kappa shape index (κ3) is 3.91. The highest BCUT2D eigenvalue weighted by molar-refractivity contribution is 5.95.